The normalized spacial score (nSPS) is 29.8. The average Bonchev–Trinajstić information content (AvgIpc) is 3.47. The molecule has 3 N–H and O–H groups in total. The number of fused-ring (bicyclic) bond motifs is 2. The van der Waals surface area contributed by atoms with Crippen LogP contribution in [0.1, 0.15) is 29.6 Å². The lowest BCUT2D eigenvalue weighted by molar-refractivity contribution is -0.309. The topological polar surface area (TPSA) is 118 Å². The van der Waals surface area contributed by atoms with Crippen molar-refractivity contribution < 1.29 is 19.3 Å². The Bertz CT molecular complexity index is 1280. The van der Waals surface area contributed by atoms with E-state index < -0.39 is 36.7 Å². The lowest BCUT2D eigenvalue weighted by Crippen LogP contribution is -2.62. The van der Waals surface area contributed by atoms with Gasteiger partial charge in [-0.05, 0) is 25.1 Å². The maximum absolute atomic E-state index is 11.1. The summed E-state index contributed by atoms with van der Waals surface area (Å²) in [4.78, 5) is 8.91. The lowest BCUT2D eigenvalue weighted by Gasteiger charge is -2.46. The maximum Gasteiger partial charge on any atom is 0.184 e. The van der Waals surface area contributed by atoms with Crippen molar-refractivity contribution in [1.82, 2.24) is 19.7 Å². The molecule has 170 valence electrons. The van der Waals surface area contributed by atoms with Gasteiger partial charge in [0.15, 0.2) is 12.1 Å². The van der Waals surface area contributed by atoms with E-state index in [1.165, 1.54) is 0 Å². The van der Waals surface area contributed by atoms with Crippen molar-refractivity contribution in [2.24, 2.45) is 5.73 Å². The molecule has 2 aliphatic rings. The van der Waals surface area contributed by atoms with Gasteiger partial charge in [-0.3, -0.25) is 0 Å². The zero-order valence-electron chi connectivity index (χ0n) is 17.8. The summed E-state index contributed by atoms with van der Waals surface area (Å²) < 4.78 is 21.1. The van der Waals surface area contributed by atoms with Crippen molar-refractivity contribution in [3.63, 3.8) is 0 Å². The minimum absolute atomic E-state index is 0.293. The van der Waals surface area contributed by atoms with Gasteiger partial charge in [0, 0.05) is 5.56 Å². The molecule has 4 unspecified atom stereocenters. The highest BCUT2D eigenvalue weighted by molar-refractivity contribution is 7.16. The first-order valence-electron chi connectivity index (χ1n) is 10.8. The summed E-state index contributed by atoms with van der Waals surface area (Å²) in [6.45, 7) is 2.10. The number of benzene rings is 2. The van der Waals surface area contributed by atoms with E-state index in [0.717, 1.165) is 21.5 Å². The van der Waals surface area contributed by atoms with Gasteiger partial charge < -0.3 is 25.1 Å². The van der Waals surface area contributed by atoms with Crippen molar-refractivity contribution in [3.8, 4) is 5.69 Å². The Morgan fingerprint density at radius 2 is 2.00 bits per heavy atom. The number of hydrogen-bond donors (Lipinski definition) is 2. The molecule has 9 nitrogen and oxygen atoms in total. The molecule has 0 radical (unpaired) electrons. The van der Waals surface area contributed by atoms with Gasteiger partial charge in [-0.25, -0.2) is 14.6 Å². The van der Waals surface area contributed by atoms with Gasteiger partial charge in [-0.1, -0.05) is 30.3 Å². The van der Waals surface area contributed by atoms with Gasteiger partial charge in [0.1, 0.15) is 30.2 Å². The molecule has 0 bridgehead atoms. The van der Waals surface area contributed by atoms with Crippen LogP contribution in [0.3, 0.4) is 0 Å². The molecule has 4 aromatic rings. The Morgan fingerprint density at radius 1 is 1.15 bits per heavy atom. The molecule has 2 fully saturated rings. The van der Waals surface area contributed by atoms with Crippen molar-refractivity contribution in [1.29, 1.82) is 0 Å². The predicted octanol–water partition coefficient (Wildman–Crippen LogP) is 2.43. The zero-order valence-corrected chi connectivity index (χ0v) is 18.6. The molecule has 0 spiro atoms. The van der Waals surface area contributed by atoms with E-state index in [4.69, 9.17) is 19.9 Å². The van der Waals surface area contributed by atoms with Crippen LogP contribution in [-0.4, -0.2) is 55.8 Å². The van der Waals surface area contributed by atoms with E-state index in [1.54, 1.807) is 28.5 Å². The molecule has 6 atom stereocenters. The van der Waals surface area contributed by atoms with Gasteiger partial charge in [-0.2, -0.15) is 5.10 Å². The first-order chi connectivity index (χ1) is 16.1. The van der Waals surface area contributed by atoms with Gasteiger partial charge in [-0.15, -0.1) is 11.3 Å². The number of aromatic nitrogens is 4. The molecule has 6 rings (SSSR count). The number of nitrogens with zero attached hydrogens (tertiary/aromatic N) is 4. The van der Waals surface area contributed by atoms with E-state index >= 15 is 0 Å². The first kappa shape index (κ1) is 20.8. The Morgan fingerprint density at radius 3 is 2.85 bits per heavy atom. The van der Waals surface area contributed by atoms with E-state index in [9.17, 15) is 5.11 Å². The number of aliphatic hydroxyl groups excluding tert-OH is 1. The second-order valence-electron chi connectivity index (χ2n) is 8.27. The number of thiazole rings is 1. The summed E-state index contributed by atoms with van der Waals surface area (Å²) in [5.74, 6) is 1.06. The number of nitrogens with two attached hydrogens (primary N) is 1. The molecule has 33 heavy (non-hydrogen) atoms. The zero-order chi connectivity index (χ0) is 22.5. The monoisotopic (exact) mass is 465 g/mol. The van der Waals surface area contributed by atoms with Crippen LogP contribution in [0.2, 0.25) is 0 Å². The van der Waals surface area contributed by atoms with Crippen molar-refractivity contribution in [3.05, 3.63) is 71.3 Å². The Balaban J connectivity index is 1.30. The number of aryl methyl sites for hydroxylation is 1. The number of ether oxygens (including phenoxy) is 3. The lowest BCUT2D eigenvalue weighted by atomic mass is 9.92. The average molecular weight is 466 g/mol. The standard InChI is InChI=1S/C23H23N5O4S/c1-12-26-22(28(27-12)14-7-8-15-17(9-14)33-11-25-15)21-19(29)18(24)20-16(31-21)10-30-23(32-20)13-5-3-2-4-6-13/h2-9,11,16,18-21,23,29H,10,24H2,1H3/t16?,18?,19?,20-,21+,23?/m0/s1. The van der Waals surface area contributed by atoms with Crippen LogP contribution in [0.5, 0.6) is 0 Å². The minimum atomic E-state index is -1.03. The molecule has 2 aromatic heterocycles. The summed E-state index contributed by atoms with van der Waals surface area (Å²) in [6, 6.07) is 14.8. The third-order valence-electron chi connectivity index (χ3n) is 6.09. The van der Waals surface area contributed by atoms with E-state index in [1.807, 2.05) is 48.5 Å². The van der Waals surface area contributed by atoms with Crippen molar-refractivity contribution >= 4 is 21.6 Å². The summed E-state index contributed by atoms with van der Waals surface area (Å²) in [5, 5.41) is 15.7. The fourth-order valence-corrected chi connectivity index (χ4v) is 5.16. The molecule has 2 aliphatic heterocycles. The van der Waals surface area contributed by atoms with Crippen LogP contribution >= 0.6 is 11.3 Å². The van der Waals surface area contributed by atoms with Crippen LogP contribution in [0, 0.1) is 6.92 Å². The summed E-state index contributed by atoms with van der Waals surface area (Å²) >= 11 is 1.55. The highest BCUT2D eigenvalue weighted by atomic mass is 32.1. The van der Waals surface area contributed by atoms with Gasteiger partial charge >= 0.3 is 0 Å². The van der Waals surface area contributed by atoms with Gasteiger partial charge in [0.25, 0.3) is 0 Å². The van der Waals surface area contributed by atoms with Crippen LogP contribution in [0.25, 0.3) is 15.9 Å². The SMILES string of the molecule is Cc1nc([C@@H]2OC3COC(c4ccccc4)O[C@@H]3C(N)C2O)n(-c2ccc3ncsc3c2)n1. The predicted molar refractivity (Wildman–Crippen MR) is 121 cm³/mol. The molecule has 2 aromatic carbocycles. The van der Waals surface area contributed by atoms with Gasteiger partial charge in [0.05, 0.1) is 34.1 Å². The number of rotatable bonds is 3. The second-order valence-corrected chi connectivity index (χ2v) is 9.16. The molecule has 10 heteroatoms. The Kier molecular flexibility index (Phi) is 5.21. The van der Waals surface area contributed by atoms with E-state index in [-0.39, 0.29) is 0 Å². The van der Waals surface area contributed by atoms with Crippen LogP contribution in [-0.2, 0) is 14.2 Å². The molecular formula is C23H23N5O4S. The van der Waals surface area contributed by atoms with Crippen molar-refractivity contribution in [2.45, 2.75) is 43.7 Å². The van der Waals surface area contributed by atoms with Crippen molar-refractivity contribution in [2.75, 3.05) is 6.61 Å². The molecule has 0 saturated carbocycles. The summed E-state index contributed by atoms with van der Waals surface area (Å²) in [5.41, 5.74) is 10.9. The molecule has 0 aliphatic carbocycles. The van der Waals surface area contributed by atoms with Crippen LogP contribution < -0.4 is 5.73 Å². The number of hydrogen-bond acceptors (Lipinski definition) is 9. The highest BCUT2D eigenvalue weighted by Crippen LogP contribution is 2.38. The van der Waals surface area contributed by atoms with E-state index in [2.05, 4.69) is 15.1 Å². The van der Waals surface area contributed by atoms with E-state index in [0.29, 0.717) is 18.3 Å². The smallest absolute Gasteiger partial charge is 0.184 e. The number of aliphatic hydroxyl groups is 1. The van der Waals surface area contributed by atoms with Crippen LogP contribution in [0.4, 0.5) is 0 Å². The quantitative estimate of drug-likeness (QED) is 0.474. The molecule has 0 amide bonds. The molecule has 4 heterocycles. The fraction of sp³-hybridized carbons (Fsp3) is 0.348. The van der Waals surface area contributed by atoms with Crippen LogP contribution in [0.15, 0.2) is 54.0 Å². The third kappa shape index (κ3) is 3.65. The summed E-state index contributed by atoms with van der Waals surface area (Å²) in [6.07, 6.45) is -3.32. The largest absolute Gasteiger partial charge is 0.388 e. The van der Waals surface area contributed by atoms with Gasteiger partial charge in [0.2, 0.25) is 0 Å². The second kappa shape index (κ2) is 8.24. The summed E-state index contributed by atoms with van der Waals surface area (Å²) in [7, 11) is 0. The first-order valence-corrected chi connectivity index (χ1v) is 11.6. The Labute approximate surface area is 193 Å². The minimum Gasteiger partial charge on any atom is -0.388 e. The molecule has 2 saturated heterocycles. The third-order valence-corrected chi connectivity index (χ3v) is 6.88. The molecular weight excluding hydrogens is 442 g/mol. The Hall–Kier alpha value is -2.73. The highest BCUT2D eigenvalue weighted by Gasteiger charge is 2.49. The fourth-order valence-electron chi connectivity index (χ4n) is 4.45. The maximum atomic E-state index is 11.1.